The summed E-state index contributed by atoms with van der Waals surface area (Å²) in [6, 6.07) is 3.96. The molecule has 1 aromatic heterocycles. The number of rotatable bonds is 6. The van der Waals surface area contributed by atoms with E-state index in [2.05, 4.69) is 24.2 Å². The second-order valence-electron chi connectivity index (χ2n) is 3.21. The molecule has 0 bridgehead atoms. The fourth-order valence-corrected chi connectivity index (χ4v) is 1.37. The van der Waals surface area contributed by atoms with Crippen LogP contribution in [0.25, 0.3) is 0 Å². The van der Waals surface area contributed by atoms with Crippen molar-refractivity contribution in [3.63, 3.8) is 0 Å². The lowest BCUT2D eigenvalue weighted by atomic mass is 10.4. The minimum absolute atomic E-state index is 0.582. The van der Waals surface area contributed by atoms with Gasteiger partial charge >= 0.3 is 0 Å². The second kappa shape index (κ2) is 5.80. The molecule has 1 rings (SSSR count). The van der Waals surface area contributed by atoms with Crippen LogP contribution in [0.5, 0.6) is 0 Å². The Balaban J connectivity index is 2.49. The molecule has 0 amide bonds. The van der Waals surface area contributed by atoms with Gasteiger partial charge in [-0.15, -0.1) is 0 Å². The summed E-state index contributed by atoms with van der Waals surface area (Å²) in [4.78, 5) is 2.30. The SMILES string of the molecule is CCN(CC)Cc1ccc(CNN)o1. The topological polar surface area (TPSA) is 54.4 Å². The Labute approximate surface area is 85.0 Å². The van der Waals surface area contributed by atoms with Gasteiger partial charge in [-0.3, -0.25) is 16.2 Å². The second-order valence-corrected chi connectivity index (χ2v) is 3.21. The first-order chi connectivity index (χ1) is 6.80. The normalized spacial score (nSPS) is 11.1. The smallest absolute Gasteiger partial charge is 0.119 e. The molecule has 80 valence electrons. The zero-order valence-corrected chi connectivity index (χ0v) is 8.92. The van der Waals surface area contributed by atoms with Gasteiger partial charge in [0.2, 0.25) is 0 Å². The number of hydrogen-bond acceptors (Lipinski definition) is 4. The van der Waals surface area contributed by atoms with Crippen molar-refractivity contribution in [3.8, 4) is 0 Å². The van der Waals surface area contributed by atoms with Crippen molar-refractivity contribution >= 4 is 0 Å². The number of hydrogen-bond donors (Lipinski definition) is 2. The molecule has 0 spiro atoms. The van der Waals surface area contributed by atoms with Gasteiger partial charge in [-0.2, -0.15) is 0 Å². The van der Waals surface area contributed by atoms with Crippen molar-refractivity contribution in [3.05, 3.63) is 23.7 Å². The van der Waals surface area contributed by atoms with Crippen molar-refractivity contribution < 1.29 is 4.42 Å². The molecule has 1 aromatic rings. The summed E-state index contributed by atoms with van der Waals surface area (Å²) in [6.45, 7) is 7.84. The van der Waals surface area contributed by atoms with Gasteiger partial charge in [-0.25, -0.2) is 0 Å². The maximum atomic E-state index is 5.57. The van der Waals surface area contributed by atoms with Crippen molar-refractivity contribution in [2.45, 2.75) is 26.9 Å². The minimum Gasteiger partial charge on any atom is -0.463 e. The number of nitrogens with one attached hydrogen (secondary N) is 1. The van der Waals surface area contributed by atoms with Gasteiger partial charge in [0, 0.05) is 0 Å². The van der Waals surface area contributed by atoms with Crippen LogP contribution < -0.4 is 11.3 Å². The minimum atomic E-state index is 0.582. The standard InChI is InChI=1S/C10H19N3O/c1-3-13(4-2)8-10-6-5-9(14-10)7-12-11/h5-6,12H,3-4,7-8,11H2,1-2H3. The van der Waals surface area contributed by atoms with Gasteiger partial charge < -0.3 is 4.42 Å². The highest BCUT2D eigenvalue weighted by atomic mass is 16.3. The van der Waals surface area contributed by atoms with Crippen LogP contribution in [-0.4, -0.2) is 18.0 Å². The zero-order chi connectivity index (χ0) is 10.4. The van der Waals surface area contributed by atoms with Gasteiger partial charge in [0.1, 0.15) is 11.5 Å². The van der Waals surface area contributed by atoms with Gasteiger partial charge in [0.05, 0.1) is 13.1 Å². The van der Waals surface area contributed by atoms with Gasteiger partial charge in [-0.1, -0.05) is 13.8 Å². The highest BCUT2D eigenvalue weighted by Crippen LogP contribution is 2.09. The predicted octanol–water partition coefficient (Wildman–Crippen LogP) is 1.08. The van der Waals surface area contributed by atoms with Crippen LogP contribution in [0.3, 0.4) is 0 Å². The molecular formula is C10H19N3O. The number of hydrazine groups is 1. The lowest BCUT2D eigenvalue weighted by Gasteiger charge is -2.15. The summed E-state index contributed by atoms with van der Waals surface area (Å²) < 4.78 is 5.57. The van der Waals surface area contributed by atoms with Crippen molar-refractivity contribution in [1.29, 1.82) is 0 Å². The van der Waals surface area contributed by atoms with Crippen LogP contribution in [0.2, 0.25) is 0 Å². The van der Waals surface area contributed by atoms with Crippen LogP contribution in [0.15, 0.2) is 16.5 Å². The number of nitrogens with zero attached hydrogens (tertiary/aromatic N) is 1. The van der Waals surface area contributed by atoms with E-state index in [0.29, 0.717) is 6.54 Å². The third-order valence-corrected chi connectivity index (χ3v) is 2.27. The molecule has 0 aliphatic carbocycles. The Hall–Kier alpha value is -0.840. The van der Waals surface area contributed by atoms with E-state index in [1.54, 1.807) is 0 Å². The van der Waals surface area contributed by atoms with Gasteiger partial charge in [-0.05, 0) is 25.2 Å². The molecule has 0 aliphatic rings. The fraction of sp³-hybridized carbons (Fsp3) is 0.600. The summed E-state index contributed by atoms with van der Waals surface area (Å²) in [5, 5.41) is 0. The van der Waals surface area contributed by atoms with E-state index < -0.39 is 0 Å². The van der Waals surface area contributed by atoms with Crippen LogP contribution >= 0.6 is 0 Å². The Kier molecular flexibility index (Phi) is 4.65. The lowest BCUT2D eigenvalue weighted by Crippen LogP contribution is -2.22. The lowest BCUT2D eigenvalue weighted by molar-refractivity contribution is 0.265. The average Bonchev–Trinajstić information content (AvgIpc) is 2.63. The van der Waals surface area contributed by atoms with Crippen LogP contribution in [-0.2, 0) is 13.1 Å². The van der Waals surface area contributed by atoms with E-state index in [1.165, 1.54) is 0 Å². The molecule has 4 nitrogen and oxygen atoms in total. The van der Waals surface area contributed by atoms with Crippen molar-refractivity contribution in [2.75, 3.05) is 13.1 Å². The summed E-state index contributed by atoms with van der Waals surface area (Å²) in [5.74, 6) is 7.09. The Morgan fingerprint density at radius 2 is 1.93 bits per heavy atom. The first kappa shape index (κ1) is 11.2. The number of nitrogens with two attached hydrogens (primary N) is 1. The van der Waals surface area contributed by atoms with Crippen LogP contribution in [0.1, 0.15) is 25.4 Å². The van der Waals surface area contributed by atoms with Crippen molar-refractivity contribution in [2.24, 2.45) is 5.84 Å². The largest absolute Gasteiger partial charge is 0.463 e. The molecule has 0 saturated heterocycles. The molecule has 0 saturated carbocycles. The third-order valence-electron chi connectivity index (χ3n) is 2.27. The summed E-state index contributed by atoms with van der Waals surface area (Å²) in [5.41, 5.74) is 2.57. The molecule has 4 heteroatoms. The first-order valence-corrected chi connectivity index (χ1v) is 5.03. The molecule has 0 aromatic carbocycles. The maximum Gasteiger partial charge on any atom is 0.119 e. The molecule has 1 heterocycles. The van der Waals surface area contributed by atoms with Crippen LogP contribution in [0, 0.1) is 0 Å². The number of furan rings is 1. The predicted molar refractivity (Wildman–Crippen MR) is 56.4 cm³/mol. The van der Waals surface area contributed by atoms with E-state index in [0.717, 1.165) is 31.2 Å². The van der Waals surface area contributed by atoms with E-state index in [9.17, 15) is 0 Å². The maximum absolute atomic E-state index is 5.57. The Bertz CT molecular complexity index is 256. The molecule has 0 aliphatic heterocycles. The van der Waals surface area contributed by atoms with Crippen LogP contribution in [0.4, 0.5) is 0 Å². The molecule has 3 N–H and O–H groups in total. The molecule has 0 radical (unpaired) electrons. The highest BCUT2D eigenvalue weighted by Gasteiger charge is 2.05. The Morgan fingerprint density at radius 3 is 2.50 bits per heavy atom. The Morgan fingerprint density at radius 1 is 1.29 bits per heavy atom. The molecule has 0 unspecified atom stereocenters. The van der Waals surface area contributed by atoms with E-state index in [1.807, 2.05) is 12.1 Å². The molecule has 0 atom stereocenters. The van der Waals surface area contributed by atoms with Crippen molar-refractivity contribution in [1.82, 2.24) is 10.3 Å². The van der Waals surface area contributed by atoms with E-state index in [4.69, 9.17) is 10.3 Å². The van der Waals surface area contributed by atoms with Gasteiger partial charge in [0.15, 0.2) is 0 Å². The highest BCUT2D eigenvalue weighted by molar-refractivity contribution is 5.06. The van der Waals surface area contributed by atoms with E-state index in [-0.39, 0.29) is 0 Å². The molecule has 14 heavy (non-hydrogen) atoms. The first-order valence-electron chi connectivity index (χ1n) is 5.03. The third kappa shape index (κ3) is 3.14. The quantitative estimate of drug-likeness (QED) is 0.529. The summed E-state index contributed by atoms with van der Waals surface area (Å²) in [7, 11) is 0. The van der Waals surface area contributed by atoms with Gasteiger partial charge in [0.25, 0.3) is 0 Å². The summed E-state index contributed by atoms with van der Waals surface area (Å²) >= 11 is 0. The fourth-order valence-electron chi connectivity index (χ4n) is 1.37. The summed E-state index contributed by atoms with van der Waals surface area (Å²) in [6.07, 6.45) is 0. The molecular weight excluding hydrogens is 178 g/mol. The van der Waals surface area contributed by atoms with E-state index >= 15 is 0 Å². The molecule has 0 fully saturated rings. The average molecular weight is 197 g/mol. The zero-order valence-electron chi connectivity index (χ0n) is 8.92. The monoisotopic (exact) mass is 197 g/mol.